The lowest BCUT2D eigenvalue weighted by Gasteiger charge is -2.17. The van der Waals surface area contributed by atoms with Gasteiger partial charge >= 0.3 is 5.97 Å². The summed E-state index contributed by atoms with van der Waals surface area (Å²) in [5.74, 6) is -0.374. The van der Waals surface area contributed by atoms with Crippen molar-refractivity contribution in [3.8, 4) is 0 Å². The van der Waals surface area contributed by atoms with Gasteiger partial charge in [-0.05, 0) is 20.8 Å². The number of pyridine rings is 1. The molecule has 8 nitrogen and oxygen atoms in total. The van der Waals surface area contributed by atoms with Crippen molar-refractivity contribution < 1.29 is 24.2 Å². The molecule has 0 fully saturated rings. The molecular weight excluding hydrogens is 256 g/mol. The van der Waals surface area contributed by atoms with Crippen LogP contribution in [0.1, 0.15) is 20.8 Å². The molecule has 0 unspecified atom stereocenters. The minimum absolute atomic E-state index is 0.352. The zero-order valence-corrected chi connectivity index (χ0v) is 10.9. The third-order valence-electron chi connectivity index (χ3n) is 1.79. The fourth-order valence-corrected chi connectivity index (χ4v) is 1.05. The Balaban J connectivity index is 0.000000711. The highest BCUT2D eigenvalue weighted by Gasteiger charge is 2.36. The first-order valence-corrected chi connectivity index (χ1v) is 5.44. The van der Waals surface area contributed by atoms with Crippen LogP contribution in [0.15, 0.2) is 30.6 Å². The summed E-state index contributed by atoms with van der Waals surface area (Å²) in [7, 11) is 0. The fourth-order valence-electron chi connectivity index (χ4n) is 1.05. The van der Waals surface area contributed by atoms with Crippen LogP contribution in [0.2, 0.25) is 0 Å². The molecule has 1 rings (SSSR count). The molecule has 19 heavy (non-hydrogen) atoms. The van der Waals surface area contributed by atoms with Gasteiger partial charge in [-0.25, -0.2) is 4.79 Å². The number of carbonyl (C=O) groups is 1. The summed E-state index contributed by atoms with van der Waals surface area (Å²) in [6.45, 7) is 5.46. The molecule has 0 aliphatic carbocycles. The smallest absolute Gasteiger partial charge is 0.357 e. The minimum Gasteiger partial charge on any atom is -0.463 e. The van der Waals surface area contributed by atoms with Gasteiger partial charge in [0.25, 0.3) is 5.60 Å². The second kappa shape index (κ2) is 7.85. The molecule has 0 spiro atoms. The first-order valence-electron chi connectivity index (χ1n) is 5.44. The van der Waals surface area contributed by atoms with E-state index in [1.54, 1.807) is 33.2 Å². The van der Waals surface area contributed by atoms with Crippen molar-refractivity contribution in [3.05, 3.63) is 45.9 Å². The SMILES string of the molecule is CCOC(=O)C(C)(C)O[n+]1ccccc1.O=[N+]([O-])[O-]. The predicted octanol–water partition coefficient (Wildman–Crippen LogP) is 0.505. The van der Waals surface area contributed by atoms with Crippen LogP contribution in [-0.4, -0.2) is 23.3 Å². The van der Waals surface area contributed by atoms with Gasteiger partial charge in [-0.3, -0.25) is 4.84 Å². The van der Waals surface area contributed by atoms with E-state index in [1.807, 2.05) is 18.2 Å². The molecule has 0 saturated heterocycles. The Morgan fingerprint density at radius 2 is 1.74 bits per heavy atom. The lowest BCUT2D eigenvalue weighted by Crippen LogP contribution is -2.56. The first kappa shape index (κ1) is 16.6. The largest absolute Gasteiger partial charge is 0.463 e. The second-order valence-corrected chi connectivity index (χ2v) is 3.78. The van der Waals surface area contributed by atoms with E-state index < -0.39 is 10.7 Å². The van der Waals surface area contributed by atoms with Crippen molar-refractivity contribution in [1.82, 2.24) is 0 Å². The molecule has 0 aromatic carbocycles. The Kier molecular flexibility index (Phi) is 6.87. The standard InChI is InChI=1S/C11H16NO3.NO3/c1-4-14-10(13)11(2,3)15-12-8-6-5-7-9-12;2-1(3)4/h5-9H,4H2,1-3H3;/q+1;-1. The lowest BCUT2D eigenvalue weighted by molar-refractivity contribution is -0.903. The molecular formula is C11H16N2O6. The van der Waals surface area contributed by atoms with Crippen LogP contribution in [0.3, 0.4) is 0 Å². The van der Waals surface area contributed by atoms with Gasteiger partial charge in [0, 0.05) is 16.9 Å². The van der Waals surface area contributed by atoms with Crippen LogP contribution in [0.5, 0.6) is 0 Å². The summed E-state index contributed by atoms with van der Waals surface area (Å²) in [5, 5.41) is 14.8. The van der Waals surface area contributed by atoms with Crippen LogP contribution >= 0.6 is 0 Å². The van der Waals surface area contributed by atoms with Gasteiger partial charge in [-0.1, -0.05) is 6.07 Å². The van der Waals surface area contributed by atoms with Crippen molar-refractivity contribution in [2.45, 2.75) is 26.4 Å². The Hall–Kier alpha value is -2.38. The number of nitrogens with zero attached hydrogens (tertiary/aromatic N) is 2. The maximum atomic E-state index is 11.5. The van der Waals surface area contributed by atoms with Gasteiger partial charge in [-0.15, -0.1) is 0 Å². The normalized spacial score (nSPS) is 9.84. The van der Waals surface area contributed by atoms with Crippen molar-refractivity contribution in [1.29, 1.82) is 0 Å². The molecule has 0 radical (unpaired) electrons. The molecule has 0 atom stereocenters. The van der Waals surface area contributed by atoms with Gasteiger partial charge in [0.05, 0.1) is 11.7 Å². The molecule has 0 amide bonds. The molecule has 1 aromatic rings. The highest BCUT2D eigenvalue weighted by Crippen LogP contribution is 2.05. The van der Waals surface area contributed by atoms with E-state index in [0.29, 0.717) is 6.61 Å². The van der Waals surface area contributed by atoms with Crippen molar-refractivity contribution in [2.75, 3.05) is 6.61 Å². The number of rotatable bonds is 4. The zero-order valence-electron chi connectivity index (χ0n) is 10.9. The van der Waals surface area contributed by atoms with Gasteiger partial charge < -0.3 is 20.1 Å². The molecule has 1 heterocycles. The number of hydrogen-bond acceptors (Lipinski definition) is 6. The fraction of sp³-hybridized carbons (Fsp3) is 0.455. The van der Waals surface area contributed by atoms with E-state index in [4.69, 9.17) is 24.9 Å². The summed E-state index contributed by atoms with van der Waals surface area (Å²) in [6, 6.07) is 5.51. The molecule has 0 aliphatic rings. The van der Waals surface area contributed by atoms with Crippen LogP contribution < -0.4 is 9.57 Å². The third-order valence-corrected chi connectivity index (χ3v) is 1.79. The van der Waals surface area contributed by atoms with Gasteiger partial charge in [0.1, 0.15) is 0 Å². The number of aromatic nitrogens is 1. The second-order valence-electron chi connectivity index (χ2n) is 3.78. The summed E-state index contributed by atoms with van der Waals surface area (Å²) in [4.78, 5) is 25.2. The van der Waals surface area contributed by atoms with E-state index in [9.17, 15) is 4.79 Å². The third kappa shape index (κ3) is 7.53. The summed E-state index contributed by atoms with van der Waals surface area (Å²) in [5.41, 5.74) is -0.984. The maximum absolute atomic E-state index is 11.5. The molecule has 106 valence electrons. The number of carbonyl (C=O) groups excluding carboxylic acids is 1. The summed E-state index contributed by atoms with van der Waals surface area (Å²) < 4.78 is 6.38. The monoisotopic (exact) mass is 272 g/mol. The van der Waals surface area contributed by atoms with E-state index >= 15 is 0 Å². The molecule has 0 saturated carbocycles. The Morgan fingerprint density at radius 1 is 1.26 bits per heavy atom. The zero-order chi connectivity index (χ0) is 14.9. The highest BCUT2D eigenvalue weighted by atomic mass is 16.9. The molecule has 0 N–H and O–H groups in total. The van der Waals surface area contributed by atoms with Gasteiger partial charge in [-0.2, -0.15) is 0 Å². The average molecular weight is 272 g/mol. The minimum atomic E-state index is -1.75. The molecule has 0 bridgehead atoms. The van der Waals surface area contributed by atoms with Crippen LogP contribution in [0, 0.1) is 15.3 Å². The Labute approximate surface area is 110 Å². The molecule has 1 aromatic heterocycles. The summed E-state index contributed by atoms with van der Waals surface area (Å²) >= 11 is 0. The highest BCUT2D eigenvalue weighted by molar-refractivity contribution is 5.78. The van der Waals surface area contributed by atoms with E-state index in [1.165, 1.54) is 4.73 Å². The summed E-state index contributed by atoms with van der Waals surface area (Å²) in [6.07, 6.45) is 3.45. The van der Waals surface area contributed by atoms with E-state index in [-0.39, 0.29) is 5.97 Å². The quantitative estimate of drug-likeness (QED) is 0.342. The topological polar surface area (TPSA) is 106 Å². The Bertz CT molecular complexity index is 403. The lowest BCUT2D eigenvalue weighted by atomic mass is 10.1. The van der Waals surface area contributed by atoms with E-state index in [0.717, 1.165) is 0 Å². The van der Waals surface area contributed by atoms with Crippen molar-refractivity contribution >= 4 is 5.97 Å². The predicted molar refractivity (Wildman–Crippen MR) is 64.3 cm³/mol. The average Bonchev–Trinajstić information content (AvgIpc) is 2.29. The van der Waals surface area contributed by atoms with E-state index in [2.05, 4.69) is 0 Å². The maximum Gasteiger partial charge on any atom is 0.357 e. The molecule has 0 aliphatic heterocycles. The number of esters is 1. The number of hydrogen-bond donors (Lipinski definition) is 0. The number of ether oxygens (including phenoxy) is 1. The molecule has 8 heteroatoms. The van der Waals surface area contributed by atoms with Gasteiger partial charge in [0.15, 0.2) is 0 Å². The first-order chi connectivity index (χ1) is 8.79. The Morgan fingerprint density at radius 3 is 2.16 bits per heavy atom. The van der Waals surface area contributed by atoms with Gasteiger partial charge in [0.2, 0.25) is 12.4 Å². The van der Waals surface area contributed by atoms with Crippen molar-refractivity contribution in [2.24, 2.45) is 0 Å². The van der Waals surface area contributed by atoms with Crippen LogP contribution in [-0.2, 0) is 9.53 Å². The van der Waals surface area contributed by atoms with Crippen LogP contribution in [0.4, 0.5) is 0 Å². The van der Waals surface area contributed by atoms with Crippen molar-refractivity contribution in [3.63, 3.8) is 0 Å². The van der Waals surface area contributed by atoms with Crippen LogP contribution in [0.25, 0.3) is 0 Å².